The van der Waals surface area contributed by atoms with E-state index in [1.54, 1.807) is 4.57 Å². The smallest absolute Gasteiger partial charge is 0.278 e. The zero-order chi connectivity index (χ0) is 14.2. The molecule has 2 atom stereocenters. The highest BCUT2D eigenvalue weighted by atomic mass is 16.5. The van der Waals surface area contributed by atoms with E-state index < -0.39 is 5.72 Å². The first-order valence-electron chi connectivity index (χ1n) is 6.33. The number of terminal acetylenes is 1. The van der Waals surface area contributed by atoms with Crippen molar-refractivity contribution in [2.45, 2.75) is 31.1 Å². The fourth-order valence-corrected chi connectivity index (χ4v) is 2.64. The van der Waals surface area contributed by atoms with E-state index >= 15 is 0 Å². The fourth-order valence-electron chi connectivity index (χ4n) is 2.64. The molecule has 0 saturated carbocycles. The Morgan fingerprint density at radius 1 is 1.65 bits per heavy atom. The Balaban J connectivity index is 2.14. The summed E-state index contributed by atoms with van der Waals surface area (Å²) in [6, 6.07) is 0. The molecule has 104 valence electrons. The summed E-state index contributed by atoms with van der Waals surface area (Å²) in [6.07, 6.45) is 9.69. The van der Waals surface area contributed by atoms with Crippen LogP contribution in [0.15, 0.2) is 17.4 Å². The van der Waals surface area contributed by atoms with Crippen LogP contribution in [0.5, 0.6) is 0 Å². The first-order valence-corrected chi connectivity index (χ1v) is 6.33. The van der Waals surface area contributed by atoms with Gasteiger partial charge in [0, 0.05) is 0 Å². The SMILES string of the molecule is C#CC[C@]1(n2cnc3c(=O)[nH]cnc32)CC[C@@H](CO)O1. The highest BCUT2D eigenvalue weighted by molar-refractivity contribution is 5.69. The van der Waals surface area contributed by atoms with E-state index in [0.717, 1.165) is 0 Å². The Kier molecular flexibility index (Phi) is 3.04. The lowest BCUT2D eigenvalue weighted by Gasteiger charge is -2.29. The van der Waals surface area contributed by atoms with E-state index in [4.69, 9.17) is 11.2 Å². The Hall–Kier alpha value is -2.17. The van der Waals surface area contributed by atoms with Crippen molar-refractivity contribution in [3.05, 3.63) is 23.0 Å². The standard InChI is InChI=1S/C13H14N4O3/c1-2-4-13(5-3-9(6-18)20-13)17-8-16-10-11(17)14-7-15-12(10)19/h1,7-9,18H,3-6H2,(H,14,15,19)/t9-,13+/m0/s1. The van der Waals surface area contributed by atoms with Crippen LogP contribution in [0.1, 0.15) is 19.3 Å². The molecule has 0 bridgehead atoms. The van der Waals surface area contributed by atoms with Crippen molar-refractivity contribution in [1.82, 2.24) is 19.5 Å². The lowest BCUT2D eigenvalue weighted by molar-refractivity contribution is -0.105. The quantitative estimate of drug-likeness (QED) is 0.766. The van der Waals surface area contributed by atoms with Crippen LogP contribution < -0.4 is 5.56 Å². The van der Waals surface area contributed by atoms with Gasteiger partial charge in [-0.2, -0.15) is 0 Å². The molecule has 0 unspecified atom stereocenters. The number of imidazole rings is 1. The maximum absolute atomic E-state index is 11.7. The zero-order valence-corrected chi connectivity index (χ0v) is 10.7. The zero-order valence-electron chi connectivity index (χ0n) is 10.7. The van der Waals surface area contributed by atoms with Gasteiger partial charge >= 0.3 is 0 Å². The van der Waals surface area contributed by atoms with Gasteiger partial charge in [0.1, 0.15) is 0 Å². The second kappa shape index (κ2) is 4.74. The molecule has 20 heavy (non-hydrogen) atoms. The minimum atomic E-state index is -0.794. The van der Waals surface area contributed by atoms with Crippen LogP contribution in [0, 0.1) is 12.3 Å². The van der Waals surface area contributed by atoms with E-state index in [1.807, 2.05) is 0 Å². The van der Waals surface area contributed by atoms with E-state index in [2.05, 4.69) is 20.9 Å². The number of aromatic nitrogens is 4. The molecule has 0 radical (unpaired) electrons. The van der Waals surface area contributed by atoms with Crippen molar-refractivity contribution in [2.24, 2.45) is 0 Å². The molecule has 7 heteroatoms. The van der Waals surface area contributed by atoms with Gasteiger partial charge in [0.25, 0.3) is 5.56 Å². The van der Waals surface area contributed by atoms with E-state index in [9.17, 15) is 9.90 Å². The van der Waals surface area contributed by atoms with Crippen molar-refractivity contribution >= 4 is 11.2 Å². The normalized spacial score (nSPS) is 25.9. The van der Waals surface area contributed by atoms with Gasteiger partial charge in [-0.1, -0.05) is 0 Å². The first-order chi connectivity index (χ1) is 9.70. The number of hydrogen-bond acceptors (Lipinski definition) is 5. The molecule has 1 fully saturated rings. The lowest BCUT2D eigenvalue weighted by Crippen LogP contribution is -2.34. The van der Waals surface area contributed by atoms with Crippen LogP contribution in [0.25, 0.3) is 11.2 Å². The summed E-state index contributed by atoms with van der Waals surface area (Å²) in [5.41, 5.74) is -0.415. The summed E-state index contributed by atoms with van der Waals surface area (Å²) >= 11 is 0. The Bertz CT molecular complexity index is 729. The highest BCUT2D eigenvalue weighted by Crippen LogP contribution is 2.38. The van der Waals surface area contributed by atoms with Crippen LogP contribution in [0.4, 0.5) is 0 Å². The van der Waals surface area contributed by atoms with Crippen LogP contribution in [0.3, 0.4) is 0 Å². The number of fused-ring (bicyclic) bond motifs is 1. The van der Waals surface area contributed by atoms with Gasteiger partial charge in [-0.25, -0.2) is 9.97 Å². The summed E-state index contributed by atoms with van der Waals surface area (Å²) in [5.74, 6) is 2.59. The van der Waals surface area contributed by atoms with Crippen molar-refractivity contribution in [3.8, 4) is 12.3 Å². The summed E-state index contributed by atoms with van der Waals surface area (Å²) in [5, 5.41) is 9.25. The van der Waals surface area contributed by atoms with Crippen molar-refractivity contribution in [2.75, 3.05) is 6.61 Å². The lowest BCUT2D eigenvalue weighted by atomic mass is 10.1. The summed E-state index contributed by atoms with van der Waals surface area (Å²) in [4.78, 5) is 22.4. The molecule has 2 aromatic heterocycles. The van der Waals surface area contributed by atoms with Crippen LogP contribution >= 0.6 is 0 Å². The minimum absolute atomic E-state index is 0.0625. The van der Waals surface area contributed by atoms with Gasteiger partial charge in [-0.15, -0.1) is 12.3 Å². The topological polar surface area (TPSA) is 93.0 Å². The Labute approximate surface area is 114 Å². The minimum Gasteiger partial charge on any atom is -0.394 e. The molecule has 2 aromatic rings. The first kappa shape index (κ1) is 12.8. The molecule has 0 amide bonds. The van der Waals surface area contributed by atoms with Crippen LogP contribution in [-0.4, -0.2) is 37.3 Å². The van der Waals surface area contributed by atoms with Gasteiger partial charge in [0.05, 0.1) is 31.8 Å². The maximum Gasteiger partial charge on any atom is 0.278 e. The molecule has 0 aromatic carbocycles. The molecule has 1 saturated heterocycles. The molecular formula is C13H14N4O3. The Morgan fingerprint density at radius 2 is 2.50 bits per heavy atom. The second-order valence-corrected chi connectivity index (χ2v) is 4.81. The monoisotopic (exact) mass is 274 g/mol. The maximum atomic E-state index is 11.7. The van der Waals surface area contributed by atoms with Crippen molar-refractivity contribution in [3.63, 3.8) is 0 Å². The van der Waals surface area contributed by atoms with E-state index in [0.29, 0.717) is 24.9 Å². The van der Waals surface area contributed by atoms with Gasteiger partial charge in [0.15, 0.2) is 16.9 Å². The highest BCUT2D eigenvalue weighted by Gasteiger charge is 2.42. The Morgan fingerprint density at radius 3 is 3.20 bits per heavy atom. The van der Waals surface area contributed by atoms with Crippen LogP contribution in [-0.2, 0) is 10.5 Å². The number of ether oxygens (including phenoxy) is 1. The molecule has 0 aliphatic carbocycles. The predicted octanol–water partition coefficient (Wildman–Crippen LogP) is -0.0330. The summed E-state index contributed by atoms with van der Waals surface area (Å²) in [7, 11) is 0. The molecule has 1 aliphatic heterocycles. The van der Waals surface area contributed by atoms with Crippen LogP contribution in [0.2, 0.25) is 0 Å². The fraction of sp³-hybridized carbons (Fsp3) is 0.462. The average Bonchev–Trinajstić information content (AvgIpc) is 3.04. The van der Waals surface area contributed by atoms with Gasteiger partial charge in [-0.05, 0) is 12.8 Å². The third kappa shape index (κ3) is 1.81. The molecule has 3 rings (SSSR count). The molecule has 7 nitrogen and oxygen atoms in total. The van der Waals surface area contributed by atoms with Gasteiger partial charge in [-0.3, -0.25) is 9.36 Å². The molecule has 3 heterocycles. The number of aliphatic hydroxyl groups excluding tert-OH is 1. The van der Waals surface area contributed by atoms with E-state index in [-0.39, 0.29) is 23.8 Å². The molecule has 1 aliphatic rings. The van der Waals surface area contributed by atoms with Gasteiger partial charge in [0.2, 0.25) is 0 Å². The van der Waals surface area contributed by atoms with Gasteiger partial charge < -0.3 is 14.8 Å². The predicted molar refractivity (Wildman–Crippen MR) is 70.8 cm³/mol. The second-order valence-electron chi connectivity index (χ2n) is 4.81. The molecule has 0 spiro atoms. The number of aliphatic hydroxyl groups is 1. The average molecular weight is 274 g/mol. The number of H-pyrrole nitrogens is 1. The van der Waals surface area contributed by atoms with E-state index in [1.165, 1.54) is 12.7 Å². The number of rotatable bonds is 3. The largest absolute Gasteiger partial charge is 0.394 e. The van der Waals surface area contributed by atoms with Crippen molar-refractivity contribution in [1.29, 1.82) is 0 Å². The number of nitrogens with one attached hydrogen (secondary N) is 1. The third-order valence-corrected chi connectivity index (χ3v) is 3.60. The number of nitrogens with zero attached hydrogens (tertiary/aromatic N) is 3. The summed E-state index contributed by atoms with van der Waals surface area (Å²) < 4.78 is 7.61. The molecule has 2 N–H and O–H groups in total. The number of aromatic amines is 1. The number of hydrogen-bond donors (Lipinski definition) is 2. The molecular weight excluding hydrogens is 260 g/mol. The van der Waals surface area contributed by atoms with Crippen molar-refractivity contribution < 1.29 is 9.84 Å². The summed E-state index contributed by atoms with van der Waals surface area (Å²) in [6.45, 7) is -0.0625. The third-order valence-electron chi connectivity index (χ3n) is 3.60.